The fourth-order valence-electron chi connectivity index (χ4n) is 2.58. The number of fused-ring (bicyclic) bond motifs is 1. The summed E-state index contributed by atoms with van der Waals surface area (Å²) in [7, 11) is 1.69. The lowest BCUT2D eigenvalue weighted by Crippen LogP contribution is -1.91. The monoisotopic (exact) mass is 216 g/mol. The zero-order chi connectivity index (χ0) is 11.0. The van der Waals surface area contributed by atoms with Gasteiger partial charge in [0, 0.05) is 18.3 Å². The highest BCUT2D eigenvalue weighted by molar-refractivity contribution is 5.54. The van der Waals surface area contributed by atoms with E-state index in [4.69, 9.17) is 9.72 Å². The smallest absolute Gasteiger partial charge is 0.179 e. The summed E-state index contributed by atoms with van der Waals surface area (Å²) < 4.78 is 7.38. The van der Waals surface area contributed by atoms with Crippen molar-refractivity contribution in [1.29, 1.82) is 0 Å². The van der Waals surface area contributed by atoms with Crippen LogP contribution in [0.4, 0.5) is 0 Å². The van der Waals surface area contributed by atoms with Crippen molar-refractivity contribution >= 4 is 5.65 Å². The molecule has 3 nitrogen and oxygen atoms in total. The number of hydrogen-bond donors (Lipinski definition) is 0. The highest BCUT2D eigenvalue weighted by Gasteiger charge is 2.20. The number of nitrogens with zero attached hydrogens (tertiary/aromatic N) is 2. The van der Waals surface area contributed by atoms with Crippen molar-refractivity contribution in [3.63, 3.8) is 0 Å². The third-order valence-electron chi connectivity index (χ3n) is 3.46. The van der Waals surface area contributed by atoms with Gasteiger partial charge in [-0.25, -0.2) is 4.98 Å². The van der Waals surface area contributed by atoms with Crippen LogP contribution in [0.5, 0.6) is 5.75 Å². The van der Waals surface area contributed by atoms with Gasteiger partial charge in [-0.3, -0.25) is 0 Å². The predicted octanol–water partition coefficient (Wildman–Crippen LogP) is 3.00. The lowest BCUT2D eigenvalue weighted by molar-refractivity contribution is 0.417. The second kappa shape index (κ2) is 3.81. The Bertz CT molecular complexity index is 498. The highest BCUT2D eigenvalue weighted by atomic mass is 16.5. The van der Waals surface area contributed by atoms with E-state index in [-0.39, 0.29) is 0 Å². The van der Waals surface area contributed by atoms with Gasteiger partial charge in [-0.15, -0.1) is 0 Å². The molecule has 0 bridgehead atoms. The van der Waals surface area contributed by atoms with Crippen LogP contribution in [0.15, 0.2) is 24.5 Å². The minimum absolute atomic E-state index is 0.657. The van der Waals surface area contributed by atoms with E-state index >= 15 is 0 Å². The molecule has 0 aliphatic heterocycles. The molecule has 0 unspecified atom stereocenters. The summed E-state index contributed by atoms with van der Waals surface area (Å²) in [4.78, 5) is 4.70. The van der Waals surface area contributed by atoms with E-state index in [9.17, 15) is 0 Å². The summed E-state index contributed by atoms with van der Waals surface area (Å²) in [5.41, 5.74) is 2.16. The van der Waals surface area contributed by atoms with Gasteiger partial charge in [-0.1, -0.05) is 12.8 Å². The van der Waals surface area contributed by atoms with Gasteiger partial charge >= 0.3 is 0 Å². The van der Waals surface area contributed by atoms with Crippen molar-refractivity contribution in [2.45, 2.75) is 31.6 Å². The van der Waals surface area contributed by atoms with Crippen LogP contribution in [-0.4, -0.2) is 16.5 Å². The van der Waals surface area contributed by atoms with Crippen LogP contribution < -0.4 is 4.74 Å². The first-order valence-corrected chi connectivity index (χ1v) is 5.90. The molecule has 0 radical (unpaired) electrons. The maximum atomic E-state index is 5.32. The number of imidazole rings is 1. The fourth-order valence-corrected chi connectivity index (χ4v) is 2.58. The third kappa shape index (κ3) is 1.47. The molecule has 2 aromatic heterocycles. The molecule has 0 amide bonds. The molecule has 2 heterocycles. The standard InChI is InChI=1S/C13H16N2O/c1-16-12-7-4-8-15-9-11(14-13(12)15)10-5-2-3-6-10/h4,7-10H,2-3,5-6H2,1H3. The van der Waals surface area contributed by atoms with Crippen LogP contribution in [0, 0.1) is 0 Å². The first-order valence-electron chi connectivity index (χ1n) is 5.90. The van der Waals surface area contributed by atoms with E-state index in [1.165, 1.54) is 31.4 Å². The van der Waals surface area contributed by atoms with E-state index in [2.05, 4.69) is 10.6 Å². The number of rotatable bonds is 2. The second-order valence-electron chi connectivity index (χ2n) is 4.45. The highest BCUT2D eigenvalue weighted by Crippen LogP contribution is 2.34. The minimum Gasteiger partial charge on any atom is -0.493 e. The summed E-state index contributed by atoms with van der Waals surface area (Å²) in [5, 5.41) is 0. The van der Waals surface area contributed by atoms with E-state index in [1.807, 2.05) is 18.3 Å². The zero-order valence-electron chi connectivity index (χ0n) is 9.52. The summed E-state index contributed by atoms with van der Waals surface area (Å²) >= 11 is 0. The molecule has 1 aliphatic carbocycles. The van der Waals surface area contributed by atoms with Crippen LogP contribution in [0.3, 0.4) is 0 Å². The SMILES string of the molecule is COc1cccn2cc(C3CCCC3)nc12. The van der Waals surface area contributed by atoms with E-state index in [0.29, 0.717) is 5.92 Å². The van der Waals surface area contributed by atoms with E-state index in [1.54, 1.807) is 7.11 Å². The first-order chi connectivity index (χ1) is 7.88. The molecule has 1 saturated carbocycles. The fraction of sp³-hybridized carbons (Fsp3) is 0.462. The summed E-state index contributed by atoms with van der Waals surface area (Å²) in [6.45, 7) is 0. The lowest BCUT2D eigenvalue weighted by Gasteiger charge is -2.02. The Hall–Kier alpha value is -1.51. The van der Waals surface area contributed by atoms with Crippen molar-refractivity contribution in [3.05, 3.63) is 30.2 Å². The Morgan fingerprint density at radius 3 is 2.94 bits per heavy atom. The predicted molar refractivity (Wildman–Crippen MR) is 63.0 cm³/mol. The Morgan fingerprint density at radius 1 is 1.38 bits per heavy atom. The molecule has 0 aromatic carbocycles. The molecule has 0 atom stereocenters. The van der Waals surface area contributed by atoms with Crippen molar-refractivity contribution < 1.29 is 4.74 Å². The quantitative estimate of drug-likeness (QED) is 0.771. The van der Waals surface area contributed by atoms with E-state index < -0.39 is 0 Å². The average molecular weight is 216 g/mol. The molecule has 3 rings (SSSR count). The van der Waals surface area contributed by atoms with Gasteiger partial charge in [0.2, 0.25) is 0 Å². The summed E-state index contributed by atoms with van der Waals surface area (Å²) in [6.07, 6.45) is 9.43. The Kier molecular flexibility index (Phi) is 2.31. The molecule has 0 spiro atoms. The third-order valence-corrected chi connectivity index (χ3v) is 3.46. The summed E-state index contributed by atoms with van der Waals surface area (Å²) in [6, 6.07) is 3.95. The van der Waals surface area contributed by atoms with E-state index in [0.717, 1.165) is 11.4 Å². The van der Waals surface area contributed by atoms with Crippen LogP contribution >= 0.6 is 0 Å². The number of hydrogen-bond acceptors (Lipinski definition) is 2. The average Bonchev–Trinajstić information content (AvgIpc) is 2.96. The number of ether oxygens (including phenoxy) is 1. The molecule has 1 aliphatic rings. The van der Waals surface area contributed by atoms with Crippen LogP contribution in [0.1, 0.15) is 37.3 Å². The zero-order valence-corrected chi connectivity index (χ0v) is 9.52. The normalized spacial score (nSPS) is 17.1. The molecule has 0 N–H and O–H groups in total. The van der Waals surface area contributed by atoms with Gasteiger partial charge in [0.1, 0.15) is 0 Å². The van der Waals surface area contributed by atoms with Gasteiger partial charge < -0.3 is 9.14 Å². The number of methoxy groups -OCH3 is 1. The maximum absolute atomic E-state index is 5.32. The van der Waals surface area contributed by atoms with Crippen molar-refractivity contribution in [2.75, 3.05) is 7.11 Å². The van der Waals surface area contributed by atoms with Gasteiger partial charge in [0.15, 0.2) is 11.4 Å². The van der Waals surface area contributed by atoms with Crippen LogP contribution in [0.25, 0.3) is 5.65 Å². The van der Waals surface area contributed by atoms with Crippen molar-refractivity contribution in [1.82, 2.24) is 9.38 Å². The molecular weight excluding hydrogens is 200 g/mol. The second-order valence-corrected chi connectivity index (χ2v) is 4.45. The molecule has 16 heavy (non-hydrogen) atoms. The minimum atomic E-state index is 0.657. The van der Waals surface area contributed by atoms with Gasteiger partial charge in [-0.2, -0.15) is 0 Å². The van der Waals surface area contributed by atoms with Crippen molar-refractivity contribution in [2.24, 2.45) is 0 Å². The molecule has 0 saturated heterocycles. The topological polar surface area (TPSA) is 26.5 Å². The number of aromatic nitrogens is 2. The Balaban J connectivity index is 2.07. The van der Waals surface area contributed by atoms with Crippen LogP contribution in [-0.2, 0) is 0 Å². The molecule has 3 heteroatoms. The Morgan fingerprint density at radius 2 is 2.19 bits per heavy atom. The number of pyridine rings is 1. The van der Waals surface area contributed by atoms with Crippen molar-refractivity contribution in [3.8, 4) is 5.75 Å². The Labute approximate surface area is 95.1 Å². The summed E-state index contributed by atoms with van der Waals surface area (Å²) in [5.74, 6) is 1.51. The van der Waals surface area contributed by atoms with Gasteiger partial charge in [-0.05, 0) is 25.0 Å². The maximum Gasteiger partial charge on any atom is 0.179 e. The van der Waals surface area contributed by atoms with Crippen LogP contribution in [0.2, 0.25) is 0 Å². The van der Waals surface area contributed by atoms with Gasteiger partial charge in [0.25, 0.3) is 0 Å². The largest absolute Gasteiger partial charge is 0.493 e. The van der Waals surface area contributed by atoms with Gasteiger partial charge in [0.05, 0.1) is 12.8 Å². The molecule has 2 aromatic rings. The first kappa shape index (κ1) is 9.70. The molecule has 84 valence electrons. The molecular formula is C13H16N2O. The molecule has 1 fully saturated rings. The lowest BCUT2D eigenvalue weighted by atomic mass is 10.1.